The lowest BCUT2D eigenvalue weighted by atomic mass is 9.86. The number of pyridine rings is 1. The number of alkyl halides is 3. The molecule has 3 atom stereocenters. The first kappa shape index (κ1) is 25.9. The molecule has 0 radical (unpaired) electrons. The first-order valence-corrected chi connectivity index (χ1v) is 12.3. The Hall–Kier alpha value is -1.70. The van der Waals surface area contributed by atoms with Crippen molar-refractivity contribution in [3.63, 3.8) is 0 Å². The largest absolute Gasteiger partial charge is 0.490 e. The van der Waals surface area contributed by atoms with Gasteiger partial charge in [-0.2, -0.15) is 13.2 Å². The highest BCUT2D eigenvalue weighted by molar-refractivity contribution is 9.10. The first-order chi connectivity index (χ1) is 15.5. The van der Waals surface area contributed by atoms with Crippen molar-refractivity contribution in [3.8, 4) is 0 Å². The fourth-order valence-electron chi connectivity index (χ4n) is 3.21. The van der Waals surface area contributed by atoms with Gasteiger partial charge in [0.15, 0.2) is 0 Å². The number of thiophene rings is 2. The third-order valence-corrected chi connectivity index (χ3v) is 8.18. The molecule has 3 aromatic rings. The summed E-state index contributed by atoms with van der Waals surface area (Å²) in [7, 11) is 0. The zero-order valence-corrected chi connectivity index (χ0v) is 20.6. The Bertz CT molecular complexity index is 1160. The minimum atomic E-state index is -5.08. The highest BCUT2D eigenvalue weighted by Gasteiger charge is 2.38. The second-order valence-electron chi connectivity index (χ2n) is 7.03. The first-order valence-electron chi connectivity index (χ1n) is 9.44. The van der Waals surface area contributed by atoms with Gasteiger partial charge in [0.2, 0.25) is 0 Å². The number of aromatic nitrogens is 1. The number of nitrogens with one attached hydrogen (secondary N) is 1. The number of nitrogens with two attached hydrogens (primary N) is 1. The molecule has 1 aliphatic rings. The number of halogens is 5. The SMILES string of the molecule is N[C@H]1CC=C[C@H](O)[C@@H]1c1sc2c(NCc3cccs3)cc(Cl)nc2c1Br.O=C(O)C(F)(F)F. The molecule has 4 rings (SSSR count). The summed E-state index contributed by atoms with van der Waals surface area (Å²) in [5.74, 6) is -2.91. The minimum absolute atomic E-state index is 0.127. The molecular formula is C20H18BrClF3N3O3S2. The third-order valence-electron chi connectivity index (χ3n) is 4.73. The van der Waals surface area contributed by atoms with E-state index >= 15 is 0 Å². The van der Waals surface area contributed by atoms with Gasteiger partial charge >= 0.3 is 12.1 Å². The van der Waals surface area contributed by atoms with Gasteiger partial charge in [0.05, 0.1) is 26.5 Å². The molecule has 33 heavy (non-hydrogen) atoms. The van der Waals surface area contributed by atoms with Gasteiger partial charge < -0.3 is 21.3 Å². The van der Waals surface area contributed by atoms with E-state index in [0.29, 0.717) is 5.15 Å². The van der Waals surface area contributed by atoms with Gasteiger partial charge in [-0.15, -0.1) is 22.7 Å². The lowest BCUT2D eigenvalue weighted by Crippen LogP contribution is -2.37. The average Bonchev–Trinajstić information content (AvgIpc) is 3.35. The Kier molecular flexibility index (Phi) is 8.40. The van der Waals surface area contributed by atoms with Crippen molar-refractivity contribution in [3.05, 3.63) is 55.1 Å². The molecular weight excluding hydrogens is 567 g/mol. The Balaban J connectivity index is 0.000000383. The van der Waals surface area contributed by atoms with Gasteiger partial charge in [-0.3, -0.25) is 0 Å². The smallest absolute Gasteiger partial charge is 0.475 e. The molecule has 0 spiro atoms. The standard InChI is InChI=1S/C18H17BrClN3OS2.C2HF3O2/c19-15-16-17(26-18(15)14-10(21)4-1-5-12(14)24)11(7-13(20)23-16)22-8-9-3-2-6-25-9;3-2(4,5)1(6)7/h1-3,5-7,10,12,14,24H,4,8,21H2,(H,22,23);(H,6,7)/t10-,12-,14+;/m0./s1. The number of hydrogen-bond acceptors (Lipinski definition) is 7. The topological polar surface area (TPSA) is 108 Å². The summed E-state index contributed by atoms with van der Waals surface area (Å²) in [5, 5.41) is 23.5. The molecule has 3 aromatic heterocycles. The highest BCUT2D eigenvalue weighted by Crippen LogP contribution is 2.45. The van der Waals surface area contributed by atoms with Crippen molar-refractivity contribution >= 4 is 72.1 Å². The van der Waals surface area contributed by atoms with Gasteiger partial charge in [-0.1, -0.05) is 29.8 Å². The molecule has 178 valence electrons. The Labute approximate surface area is 208 Å². The lowest BCUT2D eigenvalue weighted by Gasteiger charge is -2.29. The van der Waals surface area contributed by atoms with E-state index in [2.05, 4.69) is 37.7 Å². The van der Waals surface area contributed by atoms with Crippen LogP contribution in [0.5, 0.6) is 0 Å². The van der Waals surface area contributed by atoms with Crippen LogP contribution >= 0.6 is 50.2 Å². The Morgan fingerprint density at radius 1 is 1.42 bits per heavy atom. The van der Waals surface area contributed by atoms with Gasteiger partial charge in [-0.25, -0.2) is 9.78 Å². The number of carboxylic acid groups (broad SMARTS) is 1. The number of aliphatic carboxylic acids is 1. The highest BCUT2D eigenvalue weighted by atomic mass is 79.9. The van der Waals surface area contributed by atoms with Gasteiger partial charge in [0.25, 0.3) is 0 Å². The molecule has 0 unspecified atom stereocenters. The van der Waals surface area contributed by atoms with Crippen molar-refractivity contribution in [1.82, 2.24) is 4.98 Å². The monoisotopic (exact) mass is 583 g/mol. The fraction of sp³-hybridized carbons (Fsp3) is 0.300. The number of rotatable bonds is 4. The van der Waals surface area contributed by atoms with E-state index in [0.717, 1.165) is 38.2 Å². The molecule has 5 N–H and O–H groups in total. The summed E-state index contributed by atoms with van der Waals surface area (Å²) in [5.41, 5.74) is 8.05. The fourth-order valence-corrected chi connectivity index (χ4v) is 6.32. The molecule has 0 aliphatic heterocycles. The van der Waals surface area contributed by atoms with Crippen LogP contribution < -0.4 is 11.1 Å². The Morgan fingerprint density at radius 3 is 2.70 bits per heavy atom. The molecule has 0 aromatic carbocycles. The molecule has 0 fully saturated rings. The van der Waals surface area contributed by atoms with Crippen molar-refractivity contribution in [2.24, 2.45) is 5.73 Å². The van der Waals surface area contributed by atoms with Gasteiger partial charge in [0, 0.05) is 34.3 Å². The van der Waals surface area contributed by atoms with E-state index in [-0.39, 0.29) is 12.0 Å². The number of fused-ring (bicyclic) bond motifs is 1. The molecule has 1 aliphatic carbocycles. The maximum Gasteiger partial charge on any atom is 0.490 e. The van der Waals surface area contributed by atoms with Crippen molar-refractivity contribution < 1.29 is 28.2 Å². The van der Waals surface area contributed by atoms with Crippen LogP contribution in [0.15, 0.2) is 40.2 Å². The summed E-state index contributed by atoms with van der Waals surface area (Å²) >= 11 is 13.3. The number of carbonyl (C=O) groups is 1. The molecule has 0 amide bonds. The van der Waals surface area contributed by atoms with E-state index in [9.17, 15) is 18.3 Å². The second-order valence-corrected chi connectivity index (χ2v) is 10.3. The zero-order valence-electron chi connectivity index (χ0n) is 16.6. The van der Waals surface area contributed by atoms with E-state index in [4.69, 9.17) is 27.2 Å². The second kappa shape index (κ2) is 10.7. The quantitative estimate of drug-likeness (QED) is 0.230. The third kappa shape index (κ3) is 6.25. The summed E-state index contributed by atoms with van der Waals surface area (Å²) < 4.78 is 33.6. The minimum Gasteiger partial charge on any atom is -0.475 e. The predicted octanol–water partition coefficient (Wildman–Crippen LogP) is 5.75. The van der Waals surface area contributed by atoms with Crippen LogP contribution in [0.2, 0.25) is 5.15 Å². The number of aliphatic hydroxyl groups is 1. The van der Waals surface area contributed by atoms with Crippen LogP contribution in [0.25, 0.3) is 10.2 Å². The van der Waals surface area contributed by atoms with Crippen LogP contribution in [0, 0.1) is 0 Å². The summed E-state index contributed by atoms with van der Waals surface area (Å²) in [6.45, 7) is 0.728. The van der Waals surface area contributed by atoms with Gasteiger partial charge in [-0.05, 0) is 33.8 Å². The van der Waals surface area contributed by atoms with Crippen molar-refractivity contribution in [2.75, 3.05) is 5.32 Å². The number of aliphatic hydroxyl groups excluding tert-OH is 1. The summed E-state index contributed by atoms with van der Waals surface area (Å²) in [4.78, 5) is 15.7. The normalized spacial score (nSPS) is 20.4. The van der Waals surface area contributed by atoms with Crippen LogP contribution in [0.4, 0.5) is 18.9 Å². The molecule has 13 heteroatoms. The van der Waals surface area contributed by atoms with E-state index in [1.54, 1.807) is 22.7 Å². The van der Waals surface area contributed by atoms with Crippen LogP contribution in [0.1, 0.15) is 22.1 Å². The number of anilines is 1. The number of carboxylic acids is 1. The molecule has 0 bridgehead atoms. The van der Waals surface area contributed by atoms with Crippen molar-refractivity contribution in [2.45, 2.75) is 37.2 Å². The summed E-state index contributed by atoms with van der Waals surface area (Å²) in [6.07, 6.45) is -1.17. The van der Waals surface area contributed by atoms with E-state index < -0.39 is 18.2 Å². The van der Waals surface area contributed by atoms with Crippen LogP contribution in [-0.2, 0) is 11.3 Å². The molecule has 0 saturated heterocycles. The molecule has 6 nitrogen and oxygen atoms in total. The van der Waals surface area contributed by atoms with Crippen LogP contribution in [-0.4, -0.2) is 39.5 Å². The predicted molar refractivity (Wildman–Crippen MR) is 128 cm³/mol. The van der Waals surface area contributed by atoms with E-state index in [1.807, 2.05) is 24.3 Å². The molecule has 0 saturated carbocycles. The maximum absolute atomic E-state index is 10.6. The maximum atomic E-state index is 10.6. The average molecular weight is 585 g/mol. The van der Waals surface area contributed by atoms with Gasteiger partial charge in [0.1, 0.15) is 5.15 Å². The molecule has 3 heterocycles. The zero-order chi connectivity index (χ0) is 24.3. The number of hydrogen-bond donors (Lipinski definition) is 4. The lowest BCUT2D eigenvalue weighted by molar-refractivity contribution is -0.192. The number of nitrogens with zero attached hydrogens (tertiary/aromatic N) is 1. The van der Waals surface area contributed by atoms with Crippen molar-refractivity contribution in [1.29, 1.82) is 0 Å². The summed E-state index contributed by atoms with van der Waals surface area (Å²) in [6, 6.07) is 5.85. The van der Waals surface area contributed by atoms with Crippen LogP contribution in [0.3, 0.4) is 0 Å². The Morgan fingerprint density at radius 2 is 2.12 bits per heavy atom. The van der Waals surface area contributed by atoms with E-state index in [1.165, 1.54) is 4.88 Å².